The van der Waals surface area contributed by atoms with E-state index in [1.54, 1.807) is 4.52 Å². The van der Waals surface area contributed by atoms with E-state index in [0.717, 1.165) is 32.7 Å². The van der Waals surface area contributed by atoms with Gasteiger partial charge in [-0.25, -0.2) is 0 Å². The van der Waals surface area contributed by atoms with Gasteiger partial charge >= 0.3 is 0 Å². The molecule has 0 saturated carbocycles. The molecule has 2 heterocycles. The average molecular weight is 336 g/mol. The van der Waals surface area contributed by atoms with Crippen molar-refractivity contribution in [2.75, 3.05) is 6.61 Å². The topological polar surface area (TPSA) is 52.3 Å². The number of aromatic nitrogens is 4. The lowest BCUT2D eigenvalue weighted by Crippen LogP contribution is -1.95. The van der Waals surface area contributed by atoms with E-state index in [4.69, 9.17) is 9.84 Å². The SMILES string of the molecule is CCOc1ccccc1-c1nn2c(-c3ccc(C)cc3)nnc2s1. The van der Waals surface area contributed by atoms with Gasteiger partial charge in [0.2, 0.25) is 4.96 Å². The van der Waals surface area contributed by atoms with Crippen LogP contribution in [0.3, 0.4) is 0 Å². The number of aryl methyl sites for hydroxylation is 1. The molecule has 0 aliphatic rings. The lowest BCUT2D eigenvalue weighted by atomic mass is 10.1. The fraction of sp³-hybridized carbons (Fsp3) is 0.167. The Hall–Kier alpha value is -2.73. The summed E-state index contributed by atoms with van der Waals surface area (Å²) < 4.78 is 7.51. The van der Waals surface area contributed by atoms with Gasteiger partial charge in [-0.1, -0.05) is 53.3 Å². The van der Waals surface area contributed by atoms with E-state index in [2.05, 4.69) is 29.3 Å². The first-order valence-corrected chi connectivity index (χ1v) is 8.59. The molecule has 0 spiro atoms. The zero-order valence-electron chi connectivity index (χ0n) is 13.4. The van der Waals surface area contributed by atoms with Crippen molar-refractivity contribution in [2.24, 2.45) is 0 Å². The van der Waals surface area contributed by atoms with Crippen LogP contribution in [0, 0.1) is 6.92 Å². The van der Waals surface area contributed by atoms with Crippen molar-refractivity contribution < 1.29 is 4.74 Å². The minimum atomic E-state index is 0.621. The molecule has 0 amide bonds. The highest BCUT2D eigenvalue weighted by Crippen LogP contribution is 2.34. The van der Waals surface area contributed by atoms with Crippen LogP contribution in [0.4, 0.5) is 0 Å². The van der Waals surface area contributed by atoms with Gasteiger partial charge in [0, 0.05) is 5.56 Å². The molecule has 6 heteroatoms. The molecule has 5 nitrogen and oxygen atoms in total. The summed E-state index contributed by atoms with van der Waals surface area (Å²) in [6, 6.07) is 16.1. The van der Waals surface area contributed by atoms with Gasteiger partial charge in [0.25, 0.3) is 0 Å². The lowest BCUT2D eigenvalue weighted by molar-refractivity contribution is 0.341. The first-order chi connectivity index (χ1) is 11.8. The number of hydrogen-bond acceptors (Lipinski definition) is 5. The smallest absolute Gasteiger partial charge is 0.235 e. The minimum absolute atomic E-state index is 0.621. The molecule has 120 valence electrons. The molecule has 0 atom stereocenters. The monoisotopic (exact) mass is 336 g/mol. The molecule has 2 aromatic carbocycles. The highest BCUT2D eigenvalue weighted by molar-refractivity contribution is 7.19. The van der Waals surface area contributed by atoms with E-state index >= 15 is 0 Å². The van der Waals surface area contributed by atoms with Gasteiger partial charge in [0.1, 0.15) is 5.75 Å². The quantitative estimate of drug-likeness (QED) is 0.560. The van der Waals surface area contributed by atoms with Gasteiger partial charge in [-0.15, -0.1) is 10.2 Å². The summed E-state index contributed by atoms with van der Waals surface area (Å²) in [6.45, 7) is 4.66. The summed E-state index contributed by atoms with van der Waals surface area (Å²) in [4.78, 5) is 0.770. The third-order valence-corrected chi connectivity index (χ3v) is 4.65. The summed E-state index contributed by atoms with van der Waals surface area (Å²) in [5.74, 6) is 1.59. The maximum absolute atomic E-state index is 5.71. The molecule has 2 aromatic heterocycles. The van der Waals surface area contributed by atoms with Crippen LogP contribution in [0.2, 0.25) is 0 Å². The molecule has 0 N–H and O–H groups in total. The molecule has 0 unspecified atom stereocenters. The van der Waals surface area contributed by atoms with Crippen molar-refractivity contribution in [2.45, 2.75) is 13.8 Å². The first kappa shape index (κ1) is 14.8. The van der Waals surface area contributed by atoms with Crippen molar-refractivity contribution in [1.82, 2.24) is 19.8 Å². The largest absolute Gasteiger partial charge is 0.493 e. The molecule has 0 saturated heterocycles. The Bertz CT molecular complexity index is 988. The van der Waals surface area contributed by atoms with Crippen LogP contribution in [0.15, 0.2) is 48.5 Å². The zero-order chi connectivity index (χ0) is 16.5. The second kappa shape index (κ2) is 6.05. The van der Waals surface area contributed by atoms with Crippen molar-refractivity contribution >= 4 is 16.3 Å². The molecule has 24 heavy (non-hydrogen) atoms. The molecule has 0 aliphatic carbocycles. The van der Waals surface area contributed by atoms with Gasteiger partial charge in [-0.3, -0.25) is 0 Å². The predicted octanol–water partition coefficient (Wildman–Crippen LogP) is 4.23. The number of benzene rings is 2. The fourth-order valence-corrected chi connectivity index (χ4v) is 3.40. The summed E-state index contributed by atoms with van der Waals surface area (Å²) in [6.07, 6.45) is 0. The summed E-state index contributed by atoms with van der Waals surface area (Å²) in [7, 11) is 0. The highest BCUT2D eigenvalue weighted by Gasteiger charge is 2.16. The summed E-state index contributed by atoms with van der Waals surface area (Å²) in [5, 5.41) is 14.1. The van der Waals surface area contributed by atoms with E-state index in [1.807, 2.05) is 43.3 Å². The second-order valence-electron chi connectivity index (χ2n) is 5.42. The average Bonchev–Trinajstić information content (AvgIpc) is 3.17. The van der Waals surface area contributed by atoms with Gasteiger partial charge in [-0.05, 0) is 26.0 Å². The Labute approximate surface area is 143 Å². The highest BCUT2D eigenvalue weighted by atomic mass is 32.1. The molecular formula is C18H16N4OS. The Kier molecular flexibility index (Phi) is 3.74. The number of ether oxygens (including phenoxy) is 1. The first-order valence-electron chi connectivity index (χ1n) is 7.77. The molecule has 4 aromatic rings. The van der Waals surface area contributed by atoms with Crippen LogP contribution >= 0.6 is 11.3 Å². The molecule has 0 fully saturated rings. The number of rotatable bonds is 4. The Morgan fingerprint density at radius 3 is 2.62 bits per heavy atom. The maximum atomic E-state index is 5.71. The number of fused-ring (bicyclic) bond motifs is 1. The van der Waals surface area contributed by atoms with Crippen LogP contribution in [-0.2, 0) is 0 Å². The number of para-hydroxylation sites is 1. The normalized spacial score (nSPS) is 11.1. The number of hydrogen-bond donors (Lipinski definition) is 0. The van der Waals surface area contributed by atoms with Gasteiger partial charge < -0.3 is 4.74 Å². The van der Waals surface area contributed by atoms with Gasteiger partial charge in [-0.2, -0.15) is 9.61 Å². The molecule has 0 radical (unpaired) electrons. The maximum Gasteiger partial charge on any atom is 0.235 e. The Morgan fingerprint density at radius 2 is 1.83 bits per heavy atom. The van der Waals surface area contributed by atoms with Gasteiger partial charge in [0.05, 0.1) is 12.2 Å². The third kappa shape index (κ3) is 2.55. The van der Waals surface area contributed by atoms with Crippen LogP contribution < -0.4 is 4.74 Å². The standard InChI is InChI=1S/C18H16N4OS/c1-3-23-15-7-5-4-6-14(15)17-21-22-16(19-20-18(22)24-17)13-10-8-12(2)9-11-13/h4-11H,3H2,1-2H3. The predicted molar refractivity (Wildman–Crippen MR) is 95.4 cm³/mol. The lowest BCUT2D eigenvalue weighted by Gasteiger charge is -2.06. The van der Waals surface area contributed by atoms with Crippen LogP contribution in [0.5, 0.6) is 5.75 Å². The van der Waals surface area contributed by atoms with Crippen LogP contribution in [0.1, 0.15) is 12.5 Å². The fourth-order valence-electron chi connectivity index (χ4n) is 2.53. The molecule has 4 rings (SSSR count). The minimum Gasteiger partial charge on any atom is -0.493 e. The van der Waals surface area contributed by atoms with Crippen LogP contribution in [-0.4, -0.2) is 26.4 Å². The number of nitrogens with zero attached hydrogens (tertiary/aromatic N) is 4. The van der Waals surface area contributed by atoms with E-state index in [0.29, 0.717) is 6.61 Å². The van der Waals surface area contributed by atoms with Crippen molar-refractivity contribution in [1.29, 1.82) is 0 Å². The van der Waals surface area contributed by atoms with Crippen molar-refractivity contribution in [3.05, 3.63) is 54.1 Å². The molecule has 0 bridgehead atoms. The Morgan fingerprint density at radius 1 is 1.04 bits per heavy atom. The van der Waals surface area contributed by atoms with E-state index < -0.39 is 0 Å². The van der Waals surface area contributed by atoms with E-state index in [9.17, 15) is 0 Å². The molecular weight excluding hydrogens is 320 g/mol. The Balaban J connectivity index is 1.82. The van der Waals surface area contributed by atoms with Gasteiger partial charge in [0.15, 0.2) is 10.8 Å². The van der Waals surface area contributed by atoms with E-state index in [-0.39, 0.29) is 0 Å². The molecule has 0 aliphatic heterocycles. The van der Waals surface area contributed by atoms with Crippen molar-refractivity contribution in [3.8, 4) is 27.7 Å². The second-order valence-corrected chi connectivity index (χ2v) is 6.38. The summed E-state index contributed by atoms with van der Waals surface area (Å²) in [5.41, 5.74) is 3.19. The van der Waals surface area contributed by atoms with Crippen LogP contribution in [0.25, 0.3) is 26.9 Å². The third-order valence-electron chi connectivity index (χ3n) is 3.72. The van der Waals surface area contributed by atoms with E-state index in [1.165, 1.54) is 16.9 Å². The summed E-state index contributed by atoms with van der Waals surface area (Å²) >= 11 is 1.51. The zero-order valence-corrected chi connectivity index (χ0v) is 14.2. The van der Waals surface area contributed by atoms with Crippen molar-refractivity contribution in [3.63, 3.8) is 0 Å².